The lowest BCUT2D eigenvalue weighted by atomic mass is 10.1. The molecular weight excluding hydrogens is 324 g/mol. The molecule has 1 heterocycles. The van der Waals surface area contributed by atoms with E-state index in [2.05, 4.69) is 11.0 Å². The van der Waals surface area contributed by atoms with Gasteiger partial charge in [0, 0.05) is 36.9 Å². The van der Waals surface area contributed by atoms with Crippen LogP contribution in [0.3, 0.4) is 0 Å². The fraction of sp³-hybridized carbons (Fsp3) is 0.316. The number of amides is 1. The molecule has 0 saturated carbocycles. The summed E-state index contributed by atoms with van der Waals surface area (Å²) in [6.07, 6.45) is 0.411. The fourth-order valence-corrected chi connectivity index (χ4v) is 3.14. The van der Waals surface area contributed by atoms with Crippen molar-refractivity contribution < 1.29 is 9.53 Å². The Kier molecular flexibility index (Phi) is 5.26. The molecule has 24 heavy (non-hydrogen) atoms. The summed E-state index contributed by atoms with van der Waals surface area (Å²) in [7, 11) is 1.63. The molecule has 0 aromatic heterocycles. The summed E-state index contributed by atoms with van der Waals surface area (Å²) in [6.45, 7) is 3.11. The van der Waals surface area contributed by atoms with Gasteiger partial charge in [0.1, 0.15) is 5.75 Å². The zero-order valence-corrected chi connectivity index (χ0v) is 14.5. The van der Waals surface area contributed by atoms with Crippen LogP contribution in [0.15, 0.2) is 48.5 Å². The summed E-state index contributed by atoms with van der Waals surface area (Å²) in [6, 6.07) is 15.5. The van der Waals surface area contributed by atoms with Crippen molar-refractivity contribution in [3.8, 4) is 5.75 Å². The van der Waals surface area contributed by atoms with Crippen LogP contribution in [-0.4, -0.2) is 44.1 Å². The molecule has 3 rings (SSSR count). The number of halogens is 1. The number of rotatable bonds is 4. The number of hydrogen-bond acceptors (Lipinski definition) is 3. The standard InChI is InChI=1S/C19H21ClN2O2/c1-24-18-7-2-4-15(12-18)13-19(23)22-10-8-21(9-11-22)17-6-3-5-16(20)14-17/h2-7,12,14H,8-11,13H2,1H3. The third kappa shape index (κ3) is 4.01. The van der Waals surface area contributed by atoms with Crippen LogP contribution in [0.5, 0.6) is 5.75 Å². The van der Waals surface area contributed by atoms with Gasteiger partial charge in [-0.2, -0.15) is 0 Å². The molecule has 1 amide bonds. The van der Waals surface area contributed by atoms with E-state index in [-0.39, 0.29) is 5.91 Å². The van der Waals surface area contributed by atoms with Crippen molar-refractivity contribution in [3.63, 3.8) is 0 Å². The number of ether oxygens (including phenoxy) is 1. The molecule has 2 aromatic carbocycles. The third-order valence-corrected chi connectivity index (χ3v) is 4.53. The monoisotopic (exact) mass is 344 g/mol. The van der Waals surface area contributed by atoms with E-state index in [1.165, 1.54) is 0 Å². The topological polar surface area (TPSA) is 32.8 Å². The minimum atomic E-state index is 0.161. The normalized spacial score (nSPS) is 14.6. The quantitative estimate of drug-likeness (QED) is 0.853. The zero-order valence-electron chi connectivity index (χ0n) is 13.7. The summed E-state index contributed by atoms with van der Waals surface area (Å²) in [5, 5.41) is 0.740. The lowest BCUT2D eigenvalue weighted by Gasteiger charge is -2.36. The first-order chi connectivity index (χ1) is 11.7. The maximum Gasteiger partial charge on any atom is 0.227 e. The minimum Gasteiger partial charge on any atom is -0.497 e. The van der Waals surface area contributed by atoms with E-state index >= 15 is 0 Å². The highest BCUT2D eigenvalue weighted by Gasteiger charge is 2.21. The highest BCUT2D eigenvalue weighted by molar-refractivity contribution is 6.30. The third-order valence-electron chi connectivity index (χ3n) is 4.30. The Balaban J connectivity index is 1.57. The van der Waals surface area contributed by atoms with E-state index in [0.29, 0.717) is 6.42 Å². The predicted molar refractivity (Wildman–Crippen MR) is 96.9 cm³/mol. The lowest BCUT2D eigenvalue weighted by molar-refractivity contribution is -0.130. The average molecular weight is 345 g/mol. The van der Waals surface area contributed by atoms with Crippen molar-refractivity contribution >= 4 is 23.2 Å². The molecule has 0 aliphatic carbocycles. The molecule has 0 radical (unpaired) electrons. The van der Waals surface area contributed by atoms with Crippen LogP contribution in [0.25, 0.3) is 0 Å². The lowest BCUT2D eigenvalue weighted by Crippen LogP contribution is -2.49. The number of carbonyl (C=O) groups is 1. The van der Waals surface area contributed by atoms with Crippen LogP contribution in [0, 0.1) is 0 Å². The van der Waals surface area contributed by atoms with Crippen molar-refractivity contribution in [1.82, 2.24) is 4.90 Å². The van der Waals surface area contributed by atoms with Crippen molar-refractivity contribution in [3.05, 3.63) is 59.1 Å². The number of nitrogens with zero attached hydrogens (tertiary/aromatic N) is 2. The molecule has 1 saturated heterocycles. The number of piperazine rings is 1. The molecule has 0 atom stereocenters. The number of methoxy groups -OCH3 is 1. The maximum absolute atomic E-state index is 12.5. The predicted octanol–water partition coefficient (Wildman–Crippen LogP) is 3.24. The van der Waals surface area contributed by atoms with Crippen LogP contribution in [-0.2, 0) is 11.2 Å². The summed E-state index contributed by atoms with van der Waals surface area (Å²) >= 11 is 6.06. The Morgan fingerprint density at radius 1 is 1.08 bits per heavy atom. The van der Waals surface area contributed by atoms with Crippen molar-refractivity contribution in [2.45, 2.75) is 6.42 Å². The molecule has 0 N–H and O–H groups in total. The van der Waals surface area contributed by atoms with Gasteiger partial charge in [-0.05, 0) is 35.9 Å². The Bertz CT molecular complexity index is 712. The van der Waals surface area contributed by atoms with Gasteiger partial charge in [-0.1, -0.05) is 29.8 Å². The first-order valence-corrected chi connectivity index (χ1v) is 8.45. The van der Waals surface area contributed by atoms with Gasteiger partial charge in [0.05, 0.1) is 13.5 Å². The molecule has 126 valence electrons. The summed E-state index contributed by atoms with van der Waals surface area (Å²) in [5.41, 5.74) is 2.10. The van der Waals surface area contributed by atoms with Gasteiger partial charge in [-0.25, -0.2) is 0 Å². The fourth-order valence-electron chi connectivity index (χ4n) is 2.96. The average Bonchev–Trinajstić information content (AvgIpc) is 2.62. The molecule has 1 aliphatic rings. The van der Waals surface area contributed by atoms with Gasteiger partial charge in [0.25, 0.3) is 0 Å². The minimum absolute atomic E-state index is 0.161. The van der Waals surface area contributed by atoms with Crippen molar-refractivity contribution in [2.24, 2.45) is 0 Å². The molecule has 1 aliphatic heterocycles. The van der Waals surface area contributed by atoms with E-state index in [0.717, 1.165) is 48.2 Å². The van der Waals surface area contributed by atoms with Crippen LogP contribution < -0.4 is 9.64 Å². The van der Waals surface area contributed by atoms with E-state index in [4.69, 9.17) is 16.3 Å². The van der Waals surface area contributed by atoms with Gasteiger partial charge in [-0.3, -0.25) is 4.79 Å². The maximum atomic E-state index is 12.5. The summed E-state index contributed by atoms with van der Waals surface area (Å²) in [4.78, 5) is 16.7. The summed E-state index contributed by atoms with van der Waals surface area (Å²) in [5.74, 6) is 0.945. The van der Waals surface area contributed by atoms with E-state index in [9.17, 15) is 4.79 Å². The molecule has 2 aromatic rings. The Morgan fingerprint density at radius 2 is 1.83 bits per heavy atom. The number of hydrogen-bond donors (Lipinski definition) is 0. The second-order valence-corrected chi connectivity index (χ2v) is 6.31. The molecule has 5 heteroatoms. The number of anilines is 1. The van der Waals surface area contributed by atoms with Crippen molar-refractivity contribution in [1.29, 1.82) is 0 Å². The largest absolute Gasteiger partial charge is 0.497 e. The SMILES string of the molecule is COc1cccc(CC(=O)N2CCN(c3cccc(Cl)c3)CC2)c1. The van der Waals surface area contributed by atoms with Gasteiger partial charge in [-0.15, -0.1) is 0 Å². The Hall–Kier alpha value is -2.20. The van der Waals surface area contributed by atoms with Crippen molar-refractivity contribution in [2.75, 3.05) is 38.2 Å². The van der Waals surface area contributed by atoms with Gasteiger partial charge in [0.2, 0.25) is 5.91 Å². The molecule has 1 fully saturated rings. The molecule has 0 spiro atoms. The van der Waals surface area contributed by atoms with E-state index in [1.807, 2.05) is 47.4 Å². The molecule has 4 nitrogen and oxygen atoms in total. The van der Waals surface area contributed by atoms with E-state index < -0.39 is 0 Å². The second-order valence-electron chi connectivity index (χ2n) is 5.88. The number of benzene rings is 2. The van der Waals surface area contributed by atoms with Crippen LogP contribution >= 0.6 is 11.6 Å². The molecular formula is C19H21ClN2O2. The summed E-state index contributed by atoms with van der Waals surface area (Å²) < 4.78 is 5.21. The highest BCUT2D eigenvalue weighted by atomic mass is 35.5. The Morgan fingerprint density at radius 3 is 2.54 bits per heavy atom. The Labute approximate surface area is 147 Å². The number of carbonyl (C=O) groups excluding carboxylic acids is 1. The van der Waals surface area contributed by atoms with Gasteiger partial charge >= 0.3 is 0 Å². The van der Waals surface area contributed by atoms with Gasteiger partial charge in [0.15, 0.2) is 0 Å². The smallest absolute Gasteiger partial charge is 0.227 e. The first-order valence-electron chi connectivity index (χ1n) is 8.07. The molecule has 0 bridgehead atoms. The van der Waals surface area contributed by atoms with Crippen LogP contribution in [0.1, 0.15) is 5.56 Å². The van der Waals surface area contributed by atoms with Crippen LogP contribution in [0.4, 0.5) is 5.69 Å². The van der Waals surface area contributed by atoms with Gasteiger partial charge < -0.3 is 14.5 Å². The zero-order chi connectivity index (χ0) is 16.9. The first kappa shape index (κ1) is 16.7. The second kappa shape index (κ2) is 7.58. The highest BCUT2D eigenvalue weighted by Crippen LogP contribution is 2.21. The van der Waals surface area contributed by atoms with E-state index in [1.54, 1.807) is 7.11 Å². The van der Waals surface area contributed by atoms with Crippen LogP contribution in [0.2, 0.25) is 5.02 Å². The molecule has 0 unspecified atom stereocenters.